The molecule has 0 radical (unpaired) electrons. The number of fused-ring (bicyclic) bond motifs is 1. The molecule has 5 rings (SSSR count). The van der Waals surface area contributed by atoms with E-state index in [0.29, 0.717) is 6.54 Å². The second-order valence-corrected chi connectivity index (χ2v) is 9.08. The Bertz CT molecular complexity index is 1550. The Morgan fingerprint density at radius 2 is 1.42 bits per heavy atom. The van der Waals surface area contributed by atoms with Crippen LogP contribution in [-0.4, -0.2) is 22.1 Å². The maximum absolute atomic E-state index is 13.4. The summed E-state index contributed by atoms with van der Waals surface area (Å²) in [6, 6.07) is 37.8. The number of nitrogens with zero attached hydrogens (tertiary/aromatic N) is 2. The molecule has 1 aromatic heterocycles. The number of para-hydroxylation sites is 1. The highest BCUT2D eigenvalue weighted by atomic mass is 16.6. The standard InChI is InChI=1S/C34H30N2O2/c1-2-36(34(37)38-26-29-18-10-5-11-19-29)33(23-22-27-14-6-3-7-15-27)31-25-35(24-28-16-8-4-9-17-28)32-21-13-12-20-30(31)32/h3-21,25,33H,2,24,26H2,1H3. The minimum atomic E-state index is -0.481. The first kappa shape index (κ1) is 24.9. The molecule has 0 saturated heterocycles. The number of ether oxygens (including phenoxy) is 1. The van der Waals surface area contributed by atoms with Gasteiger partial charge in [-0.15, -0.1) is 0 Å². The number of amides is 1. The van der Waals surface area contributed by atoms with Gasteiger partial charge in [0.05, 0.1) is 0 Å². The lowest BCUT2D eigenvalue weighted by atomic mass is 10.0. The van der Waals surface area contributed by atoms with Crippen LogP contribution in [0.2, 0.25) is 0 Å². The van der Waals surface area contributed by atoms with Crippen LogP contribution in [-0.2, 0) is 17.9 Å². The summed E-state index contributed by atoms with van der Waals surface area (Å²) in [4.78, 5) is 15.2. The number of carbonyl (C=O) groups excluding carboxylic acids is 1. The Labute approximate surface area is 224 Å². The molecule has 1 unspecified atom stereocenters. The van der Waals surface area contributed by atoms with Crippen molar-refractivity contribution in [2.75, 3.05) is 6.54 Å². The third kappa shape index (κ3) is 5.79. The van der Waals surface area contributed by atoms with Gasteiger partial charge in [-0.3, -0.25) is 4.90 Å². The summed E-state index contributed by atoms with van der Waals surface area (Å²) >= 11 is 0. The molecule has 0 aliphatic heterocycles. The predicted molar refractivity (Wildman–Crippen MR) is 153 cm³/mol. The monoisotopic (exact) mass is 498 g/mol. The number of aromatic nitrogens is 1. The molecular weight excluding hydrogens is 468 g/mol. The van der Waals surface area contributed by atoms with Crippen molar-refractivity contribution in [3.05, 3.63) is 144 Å². The van der Waals surface area contributed by atoms with Gasteiger partial charge in [0, 0.05) is 41.3 Å². The summed E-state index contributed by atoms with van der Waals surface area (Å²) in [7, 11) is 0. The topological polar surface area (TPSA) is 34.5 Å². The normalized spacial score (nSPS) is 11.4. The van der Waals surface area contributed by atoms with Crippen LogP contribution in [0.4, 0.5) is 4.79 Å². The largest absolute Gasteiger partial charge is 0.445 e. The van der Waals surface area contributed by atoms with Gasteiger partial charge in [0.25, 0.3) is 0 Å². The summed E-state index contributed by atoms with van der Waals surface area (Å²) < 4.78 is 8.00. The lowest BCUT2D eigenvalue weighted by Crippen LogP contribution is -2.34. The molecule has 38 heavy (non-hydrogen) atoms. The van der Waals surface area contributed by atoms with Crippen molar-refractivity contribution in [1.29, 1.82) is 0 Å². The molecule has 0 N–H and O–H groups in total. The Morgan fingerprint density at radius 1 is 0.816 bits per heavy atom. The molecule has 4 nitrogen and oxygen atoms in total. The summed E-state index contributed by atoms with van der Waals surface area (Å²) in [6.45, 7) is 3.36. The fraction of sp³-hybridized carbons (Fsp3) is 0.147. The van der Waals surface area contributed by atoms with E-state index in [2.05, 4.69) is 59.0 Å². The molecule has 0 spiro atoms. The van der Waals surface area contributed by atoms with Crippen LogP contribution in [0.5, 0.6) is 0 Å². The van der Waals surface area contributed by atoms with Crippen molar-refractivity contribution in [2.45, 2.75) is 26.1 Å². The van der Waals surface area contributed by atoms with Gasteiger partial charge in [-0.1, -0.05) is 109 Å². The number of rotatable bonds is 7. The smallest absolute Gasteiger partial charge is 0.411 e. The minimum absolute atomic E-state index is 0.213. The zero-order chi connectivity index (χ0) is 26.2. The summed E-state index contributed by atoms with van der Waals surface area (Å²) in [6.07, 6.45) is 1.75. The Hall–Kier alpha value is -4.75. The molecule has 0 saturated carbocycles. The van der Waals surface area contributed by atoms with E-state index >= 15 is 0 Å². The van der Waals surface area contributed by atoms with Gasteiger partial charge in [-0.2, -0.15) is 0 Å². The van der Waals surface area contributed by atoms with E-state index in [-0.39, 0.29) is 12.7 Å². The van der Waals surface area contributed by atoms with Crippen molar-refractivity contribution in [2.24, 2.45) is 0 Å². The van der Waals surface area contributed by atoms with Crippen LogP contribution in [0.25, 0.3) is 10.9 Å². The molecule has 0 aliphatic carbocycles. The number of carbonyl (C=O) groups is 1. The zero-order valence-electron chi connectivity index (χ0n) is 21.5. The maximum Gasteiger partial charge on any atom is 0.411 e. The summed E-state index contributed by atoms with van der Waals surface area (Å²) in [5.74, 6) is 6.72. The highest BCUT2D eigenvalue weighted by molar-refractivity contribution is 5.86. The van der Waals surface area contributed by atoms with Crippen LogP contribution in [0.1, 0.15) is 35.2 Å². The molecule has 0 fully saturated rings. The first-order chi connectivity index (χ1) is 18.7. The van der Waals surface area contributed by atoms with Gasteiger partial charge in [-0.25, -0.2) is 4.79 Å². The van der Waals surface area contributed by atoms with E-state index in [1.165, 1.54) is 5.56 Å². The van der Waals surface area contributed by atoms with Crippen molar-refractivity contribution < 1.29 is 9.53 Å². The van der Waals surface area contributed by atoms with Crippen LogP contribution < -0.4 is 0 Å². The van der Waals surface area contributed by atoms with Crippen molar-refractivity contribution in [3.8, 4) is 11.8 Å². The van der Waals surface area contributed by atoms with Crippen LogP contribution in [0, 0.1) is 11.8 Å². The molecule has 1 atom stereocenters. The Balaban J connectivity index is 1.54. The van der Waals surface area contributed by atoms with Crippen LogP contribution >= 0.6 is 0 Å². The van der Waals surface area contributed by atoms with E-state index in [1.54, 1.807) is 4.90 Å². The molecule has 5 aromatic rings. The van der Waals surface area contributed by atoms with Gasteiger partial charge in [-0.05, 0) is 36.2 Å². The minimum Gasteiger partial charge on any atom is -0.445 e. The Kier molecular flexibility index (Phi) is 7.86. The third-order valence-corrected chi connectivity index (χ3v) is 6.53. The average molecular weight is 499 g/mol. The highest BCUT2D eigenvalue weighted by Crippen LogP contribution is 2.31. The van der Waals surface area contributed by atoms with Gasteiger partial charge in [0.2, 0.25) is 0 Å². The Morgan fingerprint density at radius 3 is 2.11 bits per heavy atom. The lowest BCUT2D eigenvalue weighted by Gasteiger charge is -2.26. The second-order valence-electron chi connectivity index (χ2n) is 9.08. The van der Waals surface area contributed by atoms with E-state index in [4.69, 9.17) is 4.74 Å². The molecule has 188 valence electrons. The molecule has 4 heteroatoms. The number of benzene rings is 4. The summed E-state index contributed by atoms with van der Waals surface area (Å²) in [5.41, 5.74) is 5.15. The summed E-state index contributed by atoms with van der Waals surface area (Å²) in [5, 5.41) is 1.07. The lowest BCUT2D eigenvalue weighted by molar-refractivity contribution is 0.0907. The van der Waals surface area contributed by atoms with Gasteiger partial charge >= 0.3 is 6.09 Å². The van der Waals surface area contributed by atoms with E-state index < -0.39 is 6.04 Å². The number of hydrogen-bond donors (Lipinski definition) is 0. The molecule has 1 heterocycles. The molecule has 0 aliphatic rings. The van der Waals surface area contributed by atoms with Crippen molar-refractivity contribution >= 4 is 17.0 Å². The maximum atomic E-state index is 13.4. The molecule has 0 bridgehead atoms. The molecular formula is C34H30N2O2. The SMILES string of the molecule is CCN(C(=O)OCc1ccccc1)C(C#Cc1ccccc1)c1cn(Cc2ccccc2)c2ccccc12. The fourth-order valence-electron chi connectivity index (χ4n) is 4.62. The van der Waals surface area contributed by atoms with Crippen LogP contribution in [0.3, 0.4) is 0 Å². The van der Waals surface area contributed by atoms with Crippen molar-refractivity contribution in [1.82, 2.24) is 9.47 Å². The third-order valence-electron chi connectivity index (χ3n) is 6.53. The zero-order valence-corrected chi connectivity index (χ0v) is 21.5. The molecule has 1 amide bonds. The van der Waals surface area contributed by atoms with Crippen molar-refractivity contribution in [3.63, 3.8) is 0 Å². The fourth-order valence-corrected chi connectivity index (χ4v) is 4.62. The van der Waals surface area contributed by atoms with Gasteiger partial charge < -0.3 is 9.30 Å². The van der Waals surface area contributed by atoms with E-state index in [9.17, 15) is 4.79 Å². The second kappa shape index (κ2) is 12.0. The first-order valence-corrected chi connectivity index (χ1v) is 12.9. The predicted octanol–water partition coefficient (Wildman–Crippen LogP) is 7.44. The first-order valence-electron chi connectivity index (χ1n) is 12.9. The van der Waals surface area contributed by atoms with E-state index in [1.807, 2.05) is 85.8 Å². The number of hydrogen-bond acceptors (Lipinski definition) is 2. The van der Waals surface area contributed by atoms with Gasteiger partial charge in [0.1, 0.15) is 12.6 Å². The molecule has 4 aromatic carbocycles. The highest BCUT2D eigenvalue weighted by Gasteiger charge is 2.27. The average Bonchev–Trinajstić information content (AvgIpc) is 3.33. The van der Waals surface area contributed by atoms with Gasteiger partial charge in [0.15, 0.2) is 0 Å². The van der Waals surface area contributed by atoms with Crippen LogP contribution in [0.15, 0.2) is 121 Å². The van der Waals surface area contributed by atoms with E-state index in [0.717, 1.165) is 34.1 Å². The quantitative estimate of drug-likeness (QED) is 0.219.